The fourth-order valence-corrected chi connectivity index (χ4v) is 2.64. The molecule has 7 nitrogen and oxygen atoms in total. The molecule has 0 fully saturated rings. The topological polar surface area (TPSA) is 101 Å². The second-order valence-corrected chi connectivity index (χ2v) is 5.91. The van der Waals surface area contributed by atoms with Gasteiger partial charge in [-0.2, -0.15) is 8.42 Å². The first-order valence-corrected chi connectivity index (χ1v) is 7.37. The lowest BCUT2D eigenvalue weighted by atomic mass is 10.2. The fraction of sp³-hybridized carbons (Fsp3) is 0.0769. The van der Waals surface area contributed by atoms with E-state index >= 15 is 0 Å². The van der Waals surface area contributed by atoms with Gasteiger partial charge in [-0.05, 0) is 23.8 Å². The van der Waals surface area contributed by atoms with E-state index in [0.29, 0.717) is 11.3 Å². The number of aliphatic carboxylic acids is 1. The van der Waals surface area contributed by atoms with Gasteiger partial charge in [0.1, 0.15) is 0 Å². The summed E-state index contributed by atoms with van der Waals surface area (Å²) in [7, 11) is -2.09. The standard InChI is InChI=1S/C13H13N3O4S/c1-16-8-12(14-9-16)21(19,20)15-11-4-2-3-10(7-11)5-6-13(17)18/h2-9,15H,1H3,(H,17,18)/b6-5+. The van der Waals surface area contributed by atoms with Gasteiger partial charge in [-0.1, -0.05) is 12.1 Å². The van der Waals surface area contributed by atoms with Gasteiger partial charge in [-0.15, -0.1) is 0 Å². The van der Waals surface area contributed by atoms with Crippen LogP contribution in [-0.4, -0.2) is 29.0 Å². The summed E-state index contributed by atoms with van der Waals surface area (Å²) in [6.45, 7) is 0. The number of sulfonamides is 1. The van der Waals surface area contributed by atoms with Gasteiger partial charge in [0.2, 0.25) is 0 Å². The number of aromatic nitrogens is 2. The minimum atomic E-state index is -3.76. The van der Waals surface area contributed by atoms with Crippen molar-refractivity contribution in [1.82, 2.24) is 9.55 Å². The van der Waals surface area contributed by atoms with Crippen molar-refractivity contribution in [2.75, 3.05) is 4.72 Å². The predicted octanol–water partition coefficient (Wildman–Crippen LogP) is 1.32. The quantitative estimate of drug-likeness (QED) is 0.811. The number of imidazole rings is 1. The third-order valence-electron chi connectivity index (χ3n) is 2.51. The van der Waals surface area contributed by atoms with Crippen LogP contribution < -0.4 is 4.72 Å². The first-order chi connectivity index (χ1) is 9.87. The van der Waals surface area contributed by atoms with Crippen LogP contribution in [0.2, 0.25) is 0 Å². The number of carboxylic acid groups (broad SMARTS) is 1. The smallest absolute Gasteiger partial charge is 0.328 e. The molecule has 0 bridgehead atoms. The number of carboxylic acids is 1. The Hall–Kier alpha value is -2.61. The van der Waals surface area contributed by atoms with Crippen LogP contribution in [0.25, 0.3) is 6.08 Å². The highest BCUT2D eigenvalue weighted by Crippen LogP contribution is 2.16. The maximum absolute atomic E-state index is 12.1. The van der Waals surface area contributed by atoms with Crippen molar-refractivity contribution in [2.24, 2.45) is 7.05 Å². The molecule has 0 amide bonds. The zero-order valence-corrected chi connectivity index (χ0v) is 11.9. The molecule has 110 valence electrons. The third kappa shape index (κ3) is 3.93. The molecule has 0 spiro atoms. The van der Waals surface area contributed by atoms with Gasteiger partial charge in [0.05, 0.1) is 6.33 Å². The van der Waals surface area contributed by atoms with Gasteiger partial charge < -0.3 is 9.67 Å². The van der Waals surface area contributed by atoms with Gasteiger partial charge in [0.15, 0.2) is 5.03 Å². The van der Waals surface area contributed by atoms with Crippen LogP contribution in [0.4, 0.5) is 5.69 Å². The van der Waals surface area contributed by atoms with E-state index in [2.05, 4.69) is 9.71 Å². The molecule has 2 aromatic rings. The number of anilines is 1. The van der Waals surface area contributed by atoms with Gasteiger partial charge in [0.25, 0.3) is 10.0 Å². The fourth-order valence-electron chi connectivity index (χ4n) is 1.61. The van der Waals surface area contributed by atoms with E-state index in [-0.39, 0.29) is 5.03 Å². The number of rotatable bonds is 5. The molecule has 0 aliphatic rings. The first kappa shape index (κ1) is 14.8. The molecule has 0 saturated heterocycles. The lowest BCUT2D eigenvalue weighted by Crippen LogP contribution is -2.13. The average molecular weight is 307 g/mol. The number of benzene rings is 1. The molecule has 21 heavy (non-hydrogen) atoms. The highest BCUT2D eigenvalue weighted by atomic mass is 32.2. The Bertz CT molecular complexity index is 793. The molecule has 0 atom stereocenters. The van der Waals surface area contributed by atoms with Crippen LogP contribution >= 0.6 is 0 Å². The molecule has 0 aliphatic carbocycles. The summed E-state index contributed by atoms with van der Waals surface area (Å²) < 4.78 is 28.1. The van der Waals surface area contributed by atoms with Gasteiger partial charge in [-0.25, -0.2) is 9.78 Å². The highest BCUT2D eigenvalue weighted by Gasteiger charge is 2.16. The first-order valence-electron chi connectivity index (χ1n) is 5.89. The van der Waals surface area contributed by atoms with E-state index in [1.807, 2.05) is 0 Å². The molecule has 1 aromatic heterocycles. The van der Waals surface area contributed by atoms with Crippen LogP contribution in [0.5, 0.6) is 0 Å². The van der Waals surface area contributed by atoms with E-state index in [1.54, 1.807) is 25.2 Å². The van der Waals surface area contributed by atoms with E-state index in [1.165, 1.54) is 29.2 Å². The third-order valence-corrected chi connectivity index (χ3v) is 3.78. The Morgan fingerprint density at radius 1 is 1.43 bits per heavy atom. The van der Waals surface area contributed by atoms with Crippen molar-refractivity contribution in [1.29, 1.82) is 0 Å². The number of nitrogens with one attached hydrogen (secondary N) is 1. The molecule has 0 unspecified atom stereocenters. The number of hydrogen-bond donors (Lipinski definition) is 2. The van der Waals surface area contributed by atoms with Gasteiger partial charge >= 0.3 is 5.97 Å². The van der Waals surface area contributed by atoms with Crippen LogP contribution in [0, 0.1) is 0 Å². The summed E-state index contributed by atoms with van der Waals surface area (Å²) in [4.78, 5) is 14.3. The summed E-state index contributed by atoms with van der Waals surface area (Å²) in [5.74, 6) is -1.07. The van der Waals surface area contributed by atoms with Gasteiger partial charge in [0, 0.05) is 25.0 Å². The Kier molecular flexibility index (Phi) is 4.08. The zero-order valence-electron chi connectivity index (χ0n) is 11.1. The van der Waals surface area contributed by atoms with E-state index < -0.39 is 16.0 Å². The Morgan fingerprint density at radius 3 is 2.81 bits per heavy atom. The Morgan fingerprint density at radius 2 is 2.19 bits per heavy atom. The lowest BCUT2D eigenvalue weighted by molar-refractivity contribution is -0.131. The summed E-state index contributed by atoms with van der Waals surface area (Å²) in [6, 6.07) is 6.38. The van der Waals surface area contributed by atoms with E-state index in [9.17, 15) is 13.2 Å². The molecule has 1 aromatic carbocycles. The van der Waals surface area contributed by atoms with Crippen molar-refractivity contribution in [3.63, 3.8) is 0 Å². The summed E-state index contributed by atoms with van der Waals surface area (Å²) in [5, 5.41) is 8.49. The SMILES string of the molecule is Cn1cnc(S(=O)(=O)Nc2cccc(/C=C/C(=O)O)c2)c1. The van der Waals surface area contributed by atoms with Gasteiger partial charge in [-0.3, -0.25) is 4.72 Å². The number of nitrogens with zero attached hydrogens (tertiary/aromatic N) is 2. The molecule has 2 rings (SSSR count). The molecule has 0 aliphatic heterocycles. The second-order valence-electron chi connectivity index (χ2n) is 4.28. The van der Waals surface area contributed by atoms with E-state index in [0.717, 1.165) is 6.08 Å². The minimum Gasteiger partial charge on any atom is -0.478 e. The van der Waals surface area contributed by atoms with Crippen molar-refractivity contribution >= 4 is 27.8 Å². The van der Waals surface area contributed by atoms with Crippen LogP contribution in [0.15, 0.2) is 47.9 Å². The van der Waals surface area contributed by atoms with Crippen molar-refractivity contribution in [2.45, 2.75) is 5.03 Å². The molecule has 0 radical (unpaired) electrons. The minimum absolute atomic E-state index is 0.0866. The molecule has 2 N–H and O–H groups in total. The Balaban J connectivity index is 2.23. The summed E-state index contributed by atoms with van der Waals surface area (Å²) in [6.07, 6.45) is 5.13. The average Bonchev–Trinajstić information content (AvgIpc) is 2.84. The molecule has 0 saturated carbocycles. The number of hydrogen-bond acceptors (Lipinski definition) is 4. The maximum Gasteiger partial charge on any atom is 0.328 e. The summed E-state index contributed by atoms with van der Waals surface area (Å²) >= 11 is 0. The molecule has 1 heterocycles. The normalized spacial score (nSPS) is 11.7. The predicted molar refractivity (Wildman–Crippen MR) is 77.1 cm³/mol. The van der Waals surface area contributed by atoms with Crippen LogP contribution in [0.3, 0.4) is 0 Å². The second kappa shape index (κ2) is 5.80. The van der Waals surface area contributed by atoms with Crippen LogP contribution in [-0.2, 0) is 21.9 Å². The zero-order chi connectivity index (χ0) is 15.5. The number of aryl methyl sites for hydroxylation is 1. The van der Waals surface area contributed by atoms with E-state index in [4.69, 9.17) is 5.11 Å². The van der Waals surface area contributed by atoms with Crippen molar-refractivity contribution in [3.05, 3.63) is 48.4 Å². The van der Waals surface area contributed by atoms with Crippen molar-refractivity contribution < 1.29 is 18.3 Å². The Labute approximate surface area is 121 Å². The molecular weight excluding hydrogens is 294 g/mol. The summed E-state index contributed by atoms with van der Waals surface area (Å²) in [5.41, 5.74) is 0.895. The monoisotopic (exact) mass is 307 g/mol. The highest BCUT2D eigenvalue weighted by molar-refractivity contribution is 7.92. The maximum atomic E-state index is 12.1. The lowest BCUT2D eigenvalue weighted by Gasteiger charge is -2.06. The van der Waals surface area contributed by atoms with Crippen LogP contribution in [0.1, 0.15) is 5.56 Å². The molecular formula is C13H13N3O4S. The number of carbonyl (C=O) groups is 1. The largest absolute Gasteiger partial charge is 0.478 e. The van der Waals surface area contributed by atoms with Crippen molar-refractivity contribution in [3.8, 4) is 0 Å². The molecule has 8 heteroatoms.